The van der Waals surface area contributed by atoms with Crippen LogP contribution in [0.5, 0.6) is 0 Å². The van der Waals surface area contributed by atoms with Gasteiger partial charge in [-0.3, -0.25) is 14.3 Å². The Bertz CT molecular complexity index is 722. The minimum Gasteiger partial charge on any atom is -0.393 e. The van der Waals surface area contributed by atoms with Crippen LogP contribution in [0.4, 0.5) is 4.39 Å². The number of aliphatic hydroxyl groups is 1. The summed E-state index contributed by atoms with van der Waals surface area (Å²) in [6.45, 7) is 0.249. The fourth-order valence-electron chi connectivity index (χ4n) is 3.63. The number of aromatic amines is 1. The molecule has 1 aliphatic carbocycles. The van der Waals surface area contributed by atoms with Crippen LogP contribution in [0, 0.1) is 0 Å². The average Bonchev–Trinajstić information content (AvgIpc) is 3.28. The monoisotopic (exact) mass is 372 g/mol. The van der Waals surface area contributed by atoms with E-state index in [2.05, 4.69) is 4.98 Å². The molecule has 1 spiro atoms. The second kappa shape index (κ2) is 7.59. The molecule has 1 saturated heterocycles. The van der Waals surface area contributed by atoms with Crippen molar-refractivity contribution in [2.45, 2.75) is 62.7 Å². The summed E-state index contributed by atoms with van der Waals surface area (Å²) < 4.78 is 32.9. The highest BCUT2D eigenvalue weighted by Gasteiger charge is 2.53. The number of rotatable bonds is 7. The van der Waals surface area contributed by atoms with E-state index in [-0.39, 0.29) is 6.61 Å². The SMILES string of the molecule is CC[C@@H](O[C@@](CO)(CF)[C@@H]1COC2(CCCC2)O1)n1ccc(=O)[nH]c1=O. The van der Waals surface area contributed by atoms with Gasteiger partial charge in [-0.15, -0.1) is 0 Å². The smallest absolute Gasteiger partial charge is 0.330 e. The van der Waals surface area contributed by atoms with Gasteiger partial charge in [0.25, 0.3) is 5.56 Å². The number of aromatic nitrogens is 2. The first-order valence-electron chi connectivity index (χ1n) is 8.95. The lowest BCUT2D eigenvalue weighted by Crippen LogP contribution is -2.54. The molecule has 3 rings (SSSR count). The standard InChI is InChI=1S/C17H25FN2O6/c1-2-14(20-8-5-13(22)19-15(20)23)26-16(10-18,11-21)12-9-24-17(25-12)6-3-4-7-17/h5,8,12,14,21H,2-4,6-7,9-11H2,1H3,(H,19,22,23)/t12-,14+,16+/m0/s1. The van der Waals surface area contributed by atoms with Gasteiger partial charge in [0.2, 0.25) is 0 Å². The molecule has 0 unspecified atom stereocenters. The molecular formula is C17H25FN2O6. The van der Waals surface area contributed by atoms with Gasteiger partial charge in [-0.2, -0.15) is 0 Å². The number of H-pyrrole nitrogens is 1. The van der Waals surface area contributed by atoms with E-state index in [9.17, 15) is 19.1 Å². The minimum absolute atomic E-state index is 0.113. The molecule has 2 aliphatic rings. The summed E-state index contributed by atoms with van der Waals surface area (Å²) in [4.78, 5) is 25.4. The van der Waals surface area contributed by atoms with Crippen molar-refractivity contribution in [1.29, 1.82) is 0 Å². The largest absolute Gasteiger partial charge is 0.393 e. The molecule has 0 radical (unpaired) electrons. The number of nitrogens with zero attached hydrogens (tertiary/aromatic N) is 1. The Labute approximate surface area is 149 Å². The first kappa shape index (κ1) is 19.2. The molecule has 2 fully saturated rings. The van der Waals surface area contributed by atoms with E-state index in [4.69, 9.17) is 14.2 Å². The normalized spacial score (nSPS) is 25.4. The van der Waals surface area contributed by atoms with Crippen LogP contribution in [0.2, 0.25) is 0 Å². The summed E-state index contributed by atoms with van der Waals surface area (Å²) >= 11 is 0. The first-order chi connectivity index (χ1) is 12.5. The van der Waals surface area contributed by atoms with Gasteiger partial charge in [0.05, 0.1) is 13.2 Å². The van der Waals surface area contributed by atoms with Crippen LogP contribution in [-0.4, -0.2) is 52.0 Å². The molecule has 0 aromatic carbocycles. The van der Waals surface area contributed by atoms with Crippen LogP contribution in [0.3, 0.4) is 0 Å². The second-order valence-corrected chi connectivity index (χ2v) is 6.89. The van der Waals surface area contributed by atoms with Crippen LogP contribution in [0.25, 0.3) is 0 Å². The Balaban J connectivity index is 1.84. The molecule has 2 N–H and O–H groups in total. The maximum atomic E-state index is 14.1. The highest BCUT2D eigenvalue weighted by molar-refractivity contribution is 4.97. The van der Waals surface area contributed by atoms with Gasteiger partial charge in [-0.25, -0.2) is 9.18 Å². The van der Waals surface area contributed by atoms with Gasteiger partial charge in [-0.05, 0) is 19.3 Å². The first-order valence-corrected chi connectivity index (χ1v) is 8.95. The lowest BCUT2D eigenvalue weighted by atomic mass is 9.99. The molecule has 2 heterocycles. The maximum Gasteiger partial charge on any atom is 0.330 e. The predicted molar refractivity (Wildman–Crippen MR) is 89.6 cm³/mol. The lowest BCUT2D eigenvalue weighted by molar-refractivity contribution is -0.233. The average molecular weight is 372 g/mol. The van der Waals surface area contributed by atoms with E-state index >= 15 is 0 Å². The van der Waals surface area contributed by atoms with Gasteiger partial charge in [-0.1, -0.05) is 6.92 Å². The van der Waals surface area contributed by atoms with Crippen molar-refractivity contribution in [2.75, 3.05) is 19.9 Å². The van der Waals surface area contributed by atoms with Crippen molar-refractivity contribution >= 4 is 0 Å². The number of halogens is 1. The zero-order valence-electron chi connectivity index (χ0n) is 14.8. The maximum absolute atomic E-state index is 14.1. The van der Waals surface area contributed by atoms with Crippen molar-refractivity contribution in [2.24, 2.45) is 0 Å². The number of hydrogen-bond donors (Lipinski definition) is 2. The third-order valence-corrected chi connectivity index (χ3v) is 5.18. The van der Waals surface area contributed by atoms with Crippen molar-refractivity contribution < 1.29 is 23.7 Å². The van der Waals surface area contributed by atoms with Gasteiger partial charge in [0, 0.05) is 25.1 Å². The highest BCUT2D eigenvalue weighted by atomic mass is 19.1. The van der Waals surface area contributed by atoms with E-state index in [0.29, 0.717) is 6.42 Å². The molecule has 0 amide bonds. The predicted octanol–water partition coefficient (Wildman–Crippen LogP) is 0.848. The number of nitrogens with one attached hydrogen (secondary N) is 1. The summed E-state index contributed by atoms with van der Waals surface area (Å²) in [5.41, 5.74) is -2.84. The Hall–Kier alpha value is -1.55. The zero-order chi connectivity index (χ0) is 18.8. The number of ether oxygens (including phenoxy) is 3. The van der Waals surface area contributed by atoms with E-state index in [1.165, 1.54) is 16.8 Å². The van der Waals surface area contributed by atoms with Crippen LogP contribution in [0.15, 0.2) is 21.9 Å². The minimum atomic E-state index is -1.65. The number of alkyl halides is 1. The quantitative estimate of drug-likeness (QED) is 0.736. The molecule has 1 aromatic rings. The van der Waals surface area contributed by atoms with Crippen molar-refractivity contribution in [3.05, 3.63) is 33.1 Å². The third kappa shape index (κ3) is 3.48. The van der Waals surface area contributed by atoms with Crippen LogP contribution in [0.1, 0.15) is 45.3 Å². The third-order valence-electron chi connectivity index (χ3n) is 5.18. The van der Waals surface area contributed by atoms with Gasteiger partial charge in [0.15, 0.2) is 11.4 Å². The number of aliphatic hydroxyl groups excluding tert-OH is 1. The number of hydrogen-bond acceptors (Lipinski definition) is 6. The van der Waals surface area contributed by atoms with Crippen LogP contribution in [-0.2, 0) is 14.2 Å². The van der Waals surface area contributed by atoms with Crippen molar-refractivity contribution in [3.8, 4) is 0 Å². The Morgan fingerprint density at radius 2 is 2.23 bits per heavy atom. The van der Waals surface area contributed by atoms with Gasteiger partial charge in [0.1, 0.15) is 19.0 Å². The Kier molecular flexibility index (Phi) is 5.61. The molecule has 146 valence electrons. The van der Waals surface area contributed by atoms with E-state index in [1.807, 2.05) is 0 Å². The van der Waals surface area contributed by atoms with E-state index in [0.717, 1.165) is 25.7 Å². The molecule has 0 bridgehead atoms. The molecular weight excluding hydrogens is 347 g/mol. The Morgan fingerprint density at radius 3 is 2.81 bits per heavy atom. The molecule has 9 heteroatoms. The second-order valence-electron chi connectivity index (χ2n) is 6.89. The van der Waals surface area contributed by atoms with Crippen LogP contribution >= 0.6 is 0 Å². The fourth-order valence-corrected chi connectivity index (χ4v) is 3.63. The highest BCUT2D eigenvalue weighted by Crippen LogP contribution is 2.43. The van der Waals surface area contributed by atoms with E-state index < -0.39 is 48.3 Å². The van der Waals surface area contributed by atoms with Gasteiger partial charge < -0.3 is 19.3 Å². The summed E-state index contributed by atoms with van der Waals surface area (Å²) in [6.07, 6.45) is 3.36. The summed E-state index contributed by atoms with van der Waals surface area (Å²) in [7, 11) is 0. The lowest BCUT2D eigenvalue weighted by Gasteiger charge is -2.37. The molecule has 8 nitrogen and oxygen atoms in total. The molecule has 3 atom stereocenters. The molecule has 1 aromatic heterocycles. The van der Waals surface area contributed by atoms with Crippen LogP contribution < -0.4 is 11.2 Å². The molecule has 26 heavy (non-hydrogen) atoms. The fraction of sp³-hybridized carbons (Fsp3) is 0.765. The topological polar surface area (TPSA) is 103 Å². The summed E-state index contributed by atoms with van der Waals surface area (Å²) in [5.74, 6) is -0.722. The van der Waals surface area contributed by atoms with Gasteiger partial charge >= 0.3 is 5.69 Å². The Morgan fingerprint density at radius 1 is 1.50 bits per heavy atom. The van der Waals surface area contributed by atoms with Crippen molar-refractivity contribution in [3.63, 3.8) is 0 Å². The zero-order valence-corrected chi connectivity index (χ0v) is 14.8. The molecule has 1 aliphatic heterocycles. The summed E-state index contributed by atoms with van der Waals surface area (Å²) in [6, 6.07) is 1.19. The van der Waals surface area contributed by atoms with Crippen molar-refractivity contribution in [1.82, 2.24) is 9.55 Å². The summed E-state index contributed by atoms with van der Waals surface area (Å²) in [5, 5.41) is 9.93. The molecule has 1 saturated carbocycles. The van der Waals surface area contributed by atoms with E-state index in [1.54, 1.807) is 6.92 Å².